The first-order valence-electron chi connectivity index (χ1n) is 32.9. The molecule has 24 heteroatoms. The van der Waals surface area contributed by atoms with Crippen molar-refractivity contribution in [3.05, 3.63) is 154 Å². The minimum absolute atomic E-state index is 0.0301. The Morgan fingerprint density at radius 2 is 1.49 bits per heavy atom. The fourth-order valence-corrected chi connectivity index (χ4v) is 15.5. The first-order valence-corrected chi connectivity index (χ1v) is 36.3. The van der Waals surface area contributed by atoms with Crippen LogP contribution in [0.15, 0.2) is 131 Å². The summed E-state index contributed by atoms with van der Waals surface area (Å²) in [4.78, 5) is 71.0. The Labute approximate surface area is 572 Å². The van der Waals surface area contributed by atoms with Gasteiger partial charge in [0.1, 0.15) is 6.29 Å². The molecule has 4 amide bonds. The summed E-state index contributed by atoms with van der Waals surface area (Å²) in [5.74, 6) is 0.117. The summed E-state index contributed by atoms with van der Waals surface area (Å²) in [5.41, 5.74) is 2.31. The van der Waals surface area contributed by atoms with Crippen molar-refractivity contribution in [1.82, 2.24) is 24.9 Å². The molecule has 0 aromatic heterocycles. The van der Waals surface area contributed by atoms with Gasteiger partial charge < -0.3 is 35.3 Å². The Bertz CT molecular complexity index is 3490. The van der Waals surface area contributed by atoms with Gasteiger partial charge in [-0.1, -0.05) is 91.0 Å². The summed E-state index contributed by atoms with van der Waals surface area (Å²) in [6, 6.07) is 35.0. The highest BCUT2D eigenvalue weighted by molar-refractivity contribution is 7.99. The lowest BCUT2D eigenvalue weighted by atomic mass is 9.69. The molecule has 5 N–H and O–H groups in total. The number of aldehydes is 1. The number of nitrogens with one attached hydrogen (secondary N) is 3. The number of thioether (sulfide) groups is 1. The number of carbonyl (C=O) groups is 5. The van der Waals surface area contributed by atoms with Crippen LogP contribution in [-0.2, 0) is 35.4 Å². The lowest BCUT2D eigenvalue weighted by Gasteiger charge is -2.41. The zero-order valence-corrected chi connectivity index (χ0v) is 57.7. The predicted molar refractivity (Wildman–Crippen MR) is 376 cm³/mol. The number of piperazine rings is 1. The van der Waals surface area contributed by atoms with E-state index in [0.29, 0.717) is 85.1 Å². The van der Waals surface area contributed by atoms with Crippen molar-refractivity contribution in [2.45, 2.75) is 124 Å². The molecule has 3 atom stereocenters. The average Bonchev–Trinajstić information content (AvgIpc) is 1.09. The number of ether oxygens (including phenoxy) is 1. The molecule has 1 spiro atoms. The van der Waals surface area contributed by atoms with E-state index < -0.39 is 20.2 Å². The van der Waals surface area contributed by atoms with Crippen LogP contribution >= 0.6 is 36.2 Å². The quantitative estimate of drug-likeness (QED) is 0.00992. The minimum Gasteiger partial charge on any atom is -0.384 e. The molecule has 1 aliphatic carbocycles. The number of hydrogen-bond acceptors (Lipinski definition) is 16. The van der Waals surface area contributed by atoms with Gasteiger partial charge in [0.2, 0.25) is 12.3 Å². The largest absolute Gasteiger partial charge is 0.501 e. The number of morpholine rings is 1. The highest BCUT2D eigenvalue weighted by Crippen LogP contribution is 2.49. The van der Waals surface area contributed by atoms with Gasteiger partial charge in [-0.3, -0.25) is 39.0 Å². The summed E-state index contributed by atoms with van der Waals surface area (Å²) in [7, 11) is -4.14. The van der Waals surface area contributed by atoms with Gasteiger partial charge in [-0.2, -0.15) is 13.2 Å². The first kappa shape index (κ1) is 74.4. The second-order valence-electron chi connectivity index (χ2n) is 25.1. The maximum absolute atomic E-state index is 14.4. The molecule has 5 aliphatic rings. The molecule has 5 aromatic rings. The van der Waals surface area contributed by atoms with Crippen LogP contribution in [0.3, 0.4) is 0 Å². The van der Waals surface area contributed by atoms with Crippen LogP contribution in [-0.4, -0.2) is 174 Å². The number of carbonyl (C=O) groups excluding carboxylic acids is 5. The predicted octanol–water partition coefficient (Wildman–Crippen LogP) is 12.1. The Morgan fingerprint density at radius 3 is 2.19 bits per heavy atom. The number of rotatable bonds is 29. The molecule has 3 unspecified atom stereocenters. The Kier molecular flexibility index (Phi) is 28.4. The number of nitrogens with zero attached hydrogens (tertiary/aromatic N) is 5. The van der Waals surface area contributed by atoms with E-state index >= 15 is 0 Å². The summed E-state index contributed by atoms with van der Waals surface area (Å²) in [5, 5.41) is 13.8. The number of nitrogens with two attached hydrogens (primary N) is 1. The molecule has 3 saturated heterocycles. The molecule has 4 heterocycles. The molecule has 514 valence electrons. The van der Waals surface area contributed by atoms with Crippen molar-refractivity contribution in [3.8, 4) is 0 Å². The minimum atomic E-state index is -5.70. The van der Waals surface area contributed by atoms with Crippen LogP contribution in [0.25, 0.3) is 5.57 Å². The second kappa shape index (κ2) is 36.2. The second-order valence-corrected chi connectivity index (χ2v) is 28.5. The van der Waals surface area contributed by atoms with Gasteiger partial charge in [-0.15, -0.1) is 24.6 Å². The van der Waals surface area contributed by atoms with Crippen LogP contribution in [0.5, 0.6) is 0 Å². The highest BCUT2D eigenvalue weighted by atomic mass is 35.5. The van der Waals surface area contributed by atoms with Crippen molar-refractivity contribution in [2.24, 2.45) is 10.6 Å². The summed E-state index contributed by atoms with van der Waals surface area (Å²) in [6.45, 7) is 11.6. The number of anilines is 3. The van der Waals surface area contributed by atoms with Crippen molar-refractivity contribution >= 4 is 99.1 Å². The molecule has 95 heavy (non-hydrogen) atoms. The van der Waals surface area contributed by atoms with Gasteiger partial charge in [0.25, 0.3) is 21.7 Å². The Balaban J connectivity index is 0.00000186. The van der Waals surface area contributed by atoms with E-state index in [0.717, 1.165) is 139 Å². The summed E-state index contributed by atoms with van der Waals surface area (Å²) >= 11 is 11.0. The number of allylic oxidation sites excluding steroid dienone is 1. The first-order chi connectivity index (χ1) is 45.9. The SMILES string of the molecule is CC(CCC=O)N1C(=O)c2cccc(NCCCCCCCC(=O)N3CCC4(CCC(c5ccc(Cl)cc5)=C(CN5CCN(c6ccc(Cc7ccc(NC(CCN8CCOCC8)CSc8ccccc8)c(S(=O)(=O)C(F)(F)F)c7)cc6)CC5)C4)C3)c2C1=O.CNC=O.NS. The number of unbranched alkanes of at least 4 members (excludes halogenated alkanes) is 4. The fourth-order valence-electron chi connectivity index (χ4n) is 13.4. The number of amides is 4. The number of halogens is 4. The van der Waals surface area contributed by atoms with Crippen LogP contribution in [0, 0.1) is 5.41 Å². The molecule has 17 nitrogen and oxygen atoms in total. The molecule has 0 saturated carbocycles. The van der Waals surface area contributed by atoms with Gasteiger partial charge in [-0.05, 0) is 153 Å². The summed E-state index contributed by atoms with van der Waals surface area (Å²) < 4.78 is 75.3. The van der Waals surface area contributed by atoms with E-state index in [2.05, 4.69) is 65.6 Å². The van der Waals surface area contributed by atoms with Crippen LogP contribution < -0.4 is 26.0 Å². The van der Waals surface area contributed by atoms with E-state index in [1.165, 1.54) is 33.7 Å². The number of alkyl halides is 3. The van der Waals surface area contributed by atoms with E-state index in [4.69, 9.17) is 21.1 Å². The standard InChI is InChI=1S/C69H83ClF3N7O7S2.C2H5NO.H3NS/c1-50(12-11-41-81)80-66(83)60-15-10-16-62(65(60)67(80)84)74-32-9-4-2-3-8-17-64(82)79-34-31-68(49-79)30-28-59(53-21-23-55(70)24-22-53)54(46-68)47-77-35-37-78(38-36-77)57-25-18-51(19-26-57)44-52-20-27-61(63(45-52)89(85,86)69(71,72)73)75-56(29-33-76-39-42-87-43-40-76)48-88-58-13-6-5-7-14-58;1-3-2-4;1-2/h5-7,10,13-16,18-27,41,45,50,56,74-75H,2-4,8-9,11-12,17,28-40,42-44,46-49H2,1H3;2H,1H3,(H,3,4);2H,1H2. The third-order valence-electron chi connectivity index (χ3n) is 18.6. The molecule has 10 rings (SSSR count). The lowest BCUT2D eigenvalue weighted by molar-refractivity contribution is -0.130. The van der Waals surface area contributed by atoms with Crippen molar-refractivity contribution in [2.75, 3.05) is 114 Å². The van der Waals surface area contributed by atoms with Gasteiger partial charge in [-0.25, -0.2) is 8.42 Å². The van der Waals surface area contributed by atoms with Crippen LogP contribution in [0.4, 0.5) is 30.2 Å². The van der Waals surface area contributed by atoms with E-state index in [1.54, 1.807) is 43.9 Å². The van der Waals surface area contributed by atoms with Gasteiger partial charge in [0.15, 0.2) is 0 Å². The Morgan fingerprint density at radius 1 is 0.800 bits per heavy atom. The molecular weight excluding hydrogens is 1300 g/mol. The number of likely N-dealkylation sites (tertiary alicyclic amines) is 1. The highest BCUT2D eigenvalue weighted by Gasteiger charge is 2.49. The molecule has 0 radical (unpaired) electrons. The zero-order chi connectivity index (χ0) is 68.0. The smallest absolute Gasteiger partial charge is 0.384 e. The lowest BCUT2D eigenvalue weighted by Crippen LogP contribution is -2.47. The molecular formula is C71H91ClF3N9O8S3. The molecule has 4 aliphatic heterocycles. The maximum atomic E-state index is 14.4. The van der Waals surface area contributed by atoms with Crippen molar-refractivity contribution in [1.29, 1.82) is 0 Å². The number of thiol groups is 1. The van der Waals surface area contributed by atoms with Gasteiger partial charge >= 0.3 is 5.51 Å². The molecule has 5 aromatic carbocycles. The van der Waals surface area contributed by atoms with Crippen molar-refractivity contribution < 1.29 is 50.3 Å². The topological polar surface area (TPSA) is 207 Å². The van der Waals surface area contributed by atoms with E-state index in [9.17, 15) is 40.8 Å². The number of fused-ring (bicyclic) bond motifs is 1. The monoisotopic (exact) mass is 1390 g/mol. The van der Waals surface area contributed by atoms with E-state index in [-0.39, 0.29) is 53.7 Å². The van der Waals surface area contributed by atoms with E-state index in [1.807, 2.05) is 72.8 Å². The fraction of sp³-hybridized carbons (Fsp3) is 0.479. The third-order valence-corrected chi connectivity index (χ3v) is 21.5. The third kappa shape index (κ3) is 20.3. The zero-order valence-electron chi connectivity index (χ0n) is 54.4. The average molecular weight is 1390 g/mol. The summed E-state index contributed by atoms with van der Waals surface area (Å²) in [6.07, 6.45) is 12.0. The Hall–Kier alpha value is -6.44. The van der Waals surface area contributed by atoms with Crippen LogP contribution in [0.1, 0.15) is 128 Å². The van der Waals surface area contributed by atoms with Gasteiger partial charge in [0, 0.05) is 131 Å². The van der Waals surface area contributed by atoms with Crippen molar-refractivity contribution in [3.63, 3.8) is 0 Å². The number of benzene rings is 5. The number of imide groups is 1. The normalized spacial score (nSPS) is 18.3. The molecule has 0 bridgehead atoms. The number of hydrogen-bond donors (Lipinski definition) is 5. The maximum Gasteiger partial charge on any atom is 0.501 e. The molecule has 3 fully saturated rings. The van der Waals surface area contributed by atoms with Crippen LogP contribution in [0.2, 0.25) is 5.02 Å². The van der Waals surface area contributed by atoms with Gasteiger partial charge in [0.05, 0.1) is 34.9 Å². The number of sulfone groups is 1.